The second kappa shape index (κ2) is 7.94. The van der Waals surface area contributed by atoms with Gasteiger partial charge in [0, 0.05) is 23.0 Å². The highest BCUT2D eigenvalue weighted by Gasteiger charge is 2.27. The van der Waals surface area contributed by atoms with Crippen molar-refractivity contribution in [3.63, 3.8) is 0 Å². The van der Waals surface area contributed by atoms with Crippen LogP contribution in [-0.4, -0.2) is 16.9 Å². The van der Waals surface area contributed by atoms with Crippen molar-refractivity contribution in [1.29, 1.82) is 0 Å². The Hall–Kier alpha value is -0.360. The Kier molecular flexibility index (Phi) is 7.78. The minimum Gasteiger partial charge on any atom is -0.349 e. The molecule has 2 unspecified atom stereocenters. The normalized spacial score (nSPS) is 21.9. The third kappa shape index (κ3) is 4.72. The van der Waals surface area contributed by atoms with Crippen molar-refractivity contribution in [2.45, 2.75) is 38.8 Å². The fourth-order valence-electron chi connectivity index (χ4n) is 2.05. The van der Waals surface area contributed by atoms with Crippen LogP contribution < -0.4 is 11.1 Å². The monoisotopic (exact) mass is 311 g/mol. The Labute approximate surface area is 124 Å². The number of nitrogens with two attached hydrogens (primary N) is 1. The summed E-state index contributed by atoms with van der Waals surface area (Å²) in [5, 5.41) is 5.89. The number of rotatable bonds is 3. The number of carbonyl (C=O) groups excluding carboxylic acids is 1. The quantitative estimate of drug-likeness (QED) is 0.897. The molecule has 0 spiro atoms. The van der Waals surface area contributed by atoms with Crippen molar-refractivity contribution >= 4 is 42.1 Å². The predicted octanol–water partition coefficient (Wildman–Crippen LogP) is 2.04. The highest BCUT2D eigenvalue weighted by atomic mass is 35.5. The van der Waals surface area contributed by atoms with Gasteiger partial charge >= 0.3 is 0 Å². The molecule has 0 aliphatic heterocycles. The lowest BCUT2D eigenvalue weighted by Gasteiger charge is -2.09. The summed E-state index contributed by atoms with van der Waals surface area (Å²) < 4.78 is 0. The Morgan fingerprint density at radius 3 is 2.78 bits per heavy atom. The van der Waals surface area contributed by atoms with Gasteiger partial charge in [0.1, 0.15) is 5.01 Å². The molecule has 0 aromatic carbocycles. The molecule has 1 aromatic heterocycles. The number of amides is 1. The van der Waals surface area contributed by atoms with Gasteiger partial charge in [0.2, 0.25) is 5.91 Å². The van der Waals surface area contributed by atoms with Gasteiger partial charge in [0.25, 0.3) is 0 Å². The zero-order valence-electron chi connectivity index (χ0n) is 10.2. The molecule has 1 aromatic rings. The average molecular weight is 312 g/mol. The van der Waals surface area contributed by atoms with E-state index in [1.165, 1.54) is 0 Å². The maximum atomic E-state index is 11.8. The summed E-state index contributed by atoms with van der Waals surface area (Å²) in [7, 11) is 0. The number of hydrogen-bond donors (Lipinski definition) is 2. The molecule has 0 radical (unpaired) electrons. The first-order valence-corrected chi connectivity index (χ1v) is 6.47. The summed E-state index contributed by atoms with van der Waals surface area (Å²) in [5.74, 6) is 0.233. The van der Waals surface area contributed by atoms with E-state index in [0.717, 1.165) is 30.0 Å². The van der Waals surface area contributed by atoms with Gasteiger partial charge < -0.3 is 11.1 Å². The molecule has 3 N–H and O–H groups in total. The zero-order valence-corrected chi connectivity index (χ0v) is 12.7. The third-order valence-electron chi connectivity index (χ3n) is 2.92. The first-order valence-electron chi connectivity index (χ1n) is 5.59. The summed E-state index contributed by atoms with van der Waals surface area (Å²) in [6.45, 7) is 2.50. The van der Waals surface area contributed by atoms with E-state index in [-0.39, 0.29) is 42.7 Å². The minimum atomic E-state index is 0. The smallest absolute Gasteiger partial charge is 0.223 e. The first-order chi connectivity index (χ1) is 7.65. The minimum absolute atomic E-state index is 0. The Morgan fingerprint density at radius 1 is 1.56 bits per heavy atom. The van der Waals surface area contributed by atoms with E-state index >= 15 is 0 Å². The van der Waals surface area contributed by atoms with Crippen molar-refractivity contribution in [3.8, 4) is 0 Å². The Morgan fingerprint density at radius 2 is 2.28 bits per heavy atom. The maximum absolute atomic E-state index is 11.8. The lowest BCUT2D eigenvalue weighted by atomic mass is 10.1. The molecule has 18 heavy (non-hydrogen) atoms. The molecule has 2 atom stereocenters. The number of hydrogen-bond acceptors (Lipinski definition) is 4. The molecule has 1 heterocycles. The number of thiazole rings is 1. The van der Waals surface area contributed by atoms with Crippen molar-refractivity contribution < 1.29 is 4.79 Å². The Balaban J connectivity index is 0.00000144. The second-order valence-corrected chi connectivity index (χ2v) is 5.31. The highest BCUT2D eigenvalue weighted by molar-refractivity contribution is 7.09. The Bertz CT molecular complexity index is 386. The number of aryl methyl sites for hydroxylation is 1. The summed E-state index contributed by atoms with van der Waals surface area (Å²) in [6, 6.07) is 0.206. The van der Waals surface area contributed by atoms with E-state index < -0.39 is 0 Å². The molecule has 2 rings (SSSR count). The maximum Gasteiger partial charge on any atom is 0.223 e. The van der Waals surface area contributed by atoms with Crippen molar-refractivity contribution in [2.75, 3.05) is 0 Å². The highest BCUT2D eigenvalue weighted by Crippen LogP contribution is 2.24. The lowest BCUT2D eigenvalue weighted by Crippen LogP contribution is -2.29. The molecular formula is C11H19Cl2N3OS. The van der Waals surface area contributed by atoms with Crippen LogP contribution >= 0.6 is 36.2 Å². The van der Waals surface area contributed by atoms with Crippen LogP contribution in [0.2, 0.25) is 0 Å². The molecule has 1 fully saturated rings. The van der Waals surface area contributed by atoms with Crippen LogP contribution in [0.1, 0.15) is 30.0 Å². The second-order valence-electron chi connectivity index (χ2n) is 4.37. The van der Waals surface area contributed by atoms with Gasteiger partial charge in [-0.1, -0.05) is 0 Å². The number of nitrogens with zero attached hydrogens (tertiary/aromatic N) is 1. The molecule has 4 nitrogen and oxygen atoms in total. The number of halogens is 2. The largest absolute Gasteiger partial charge is 0.349 e. The molecule has 7 heteroatoms. The molecule has 0 bridgehead atoms. The number of nitrogens with one attached hydrogen (secondary N) is 1. The first kappa shape index (κ1) is 17.6. The van der Waals surface area contributed by atoms with Crippen LogP contribution in [-0.2, 0) is 11.3 Å². The van der Waals surface area contributed by atoms with Gasteiger partial charge in [0.15, 0.2) is 0 Å². The summed E-state index contributed by atoms with van der Waals surface area (Å²) in [4.78, 5) is 16.1. The lowest BCUT2D eigenvalue weighted by molar-refractivity contribution is -0.125. The van der Waals surface area contributed by atoms with Crippen LogP contribution in [0, 0.1) is 12.8 Å². The van der Waals surface area contributed by atoms with Gasteiger partial charge in [0.05, 0.1) is 6.54 Å². The van der Waals surface area contributed by atoms with Gasteiger partial charge in [-0.3, -0.25) is 4.79 Å². The average Bonchev–Trinajstić information content (AvgIpc) is 2.84. The van der Waals surface area contributed by atoms with E-state index in [4.69, 9.17) is 5.73 Å². The van der Waals surface area contributed by atoms with Crippen LogP contribution in [0.25, 0.3) is 0 Å². The predicted molar refractivity (Wildman–Crippen MR) is 78.5 cm³/mol. The fraction of sp³-hybridized carbons (Fsp3) is 0.636. The molecular weight excluding hydrogens is 293 g/mol. The number of carbonyl (C=O) groups is 1. The fourth-order valence-corrected chi connectivity index (χ4v) is 2.76. The summed E-state index contributed by atoms with van der Waals surface area (Å²) in [5.41, 5.74) is 6.79. The van der Waals surface area contributed by atoms with Crippen molar-refractivity contribution in [1.82, 2.24) is 10.3 Å². The van der Waals surface area contributed by atoms with Crippen LogP contribution in [0.4, 0.5) is 0 Å². The molecule has 0 saturated heterocycles. The standard InChI is InChI=1S/C11H17N3OS.2ClH/c1-7-6-16-10(14-7)5-13-11(15)8-2-3-9(12)4-8;;/h6,8-9H,2-5,12H2,1H3,(H,13,15);2*1H. The van der Waals surface area contributed by atoms with E-state index in [9.17, 15) is 4.79 Å². The van der Waals surface area contributed by atoms with E-state index in [1.807, 2.05) is 12.3 Å². The van der Waals surface area contributed by atoms with Gasteiger partial charge in [-0.2, -0.15) is 0 Å². The molecule has 1 saturated carbocycles. The molecule has 1 aliphatic rings. The SMILES string of the molecule is Cc1csc(CNC(=O)C2CCC(N)C2)n1.Cl.Cl. The van der Waals surface area contributed by atoms with Crippen molar-refractivity contribution in [2.24, 2.45) is 11.7 Å². The number of aromatic nitrogens is 1. The van der Waals surface area contributed by atoms with E-state index in [2.05, 4.69) is 10.3 Å². The third-order valence-corrected chi connectivity index (χ3v) is 3.89. The molecule has 1 aliphatic carbocycles. The summed E-state index contributed by atoms with van der Waals surface area (Å²) >= 11 is 1.58. The van der Waals surface area contributed by atoms with E-state index in [0.29, 0.717) is 6.54 Å². The topological polar surface area (TPSA) is 68.0 Å². The summed E-state index contributed by atoms with van der Waals surface area (Å²) in [6.07, 6.45) is 2.71. The van der Waals surface area contributed by atoms with Gasteiger partial charge in [-0.05, 0) is 26.2 Å². The van der Waals surface area contributed by atoms with Crippen LogP contribution in [0.5, 0.6) is 0 Å². The van der Waals surface area contributed by atoms with Crippen molar-refractivity contribution in [3.05, 3.63) is 16.1 Å². The van der Waals surface area contributed by atoms with Crippen LogP contribution in [0.15, 0.2) is 5.38 Å². The van der Waals surface area contributed by atoms with Crippen LogP contribution in [0.3, 0.4) is 0 Å². The van der Waals surface area contributed by atoms with Gasteiger partial charge in [-0.25, -0.2) is 4.98 Å². The molecule has 104 valence electrons. The van der Waals surface area contributed by atoms with Gasteiger partial charge in [-0.15, -0.1) is 36.2 Å². The molecule has 1 amide bonds. The zero-order chi connectivity index (χ0) is 11.5. The van der Waals surface area contributed by atoms with E-state index in [1.54, 1.807) is 11.3 Å².